The largest absolute Gasteiger partial charge is 0.382 e. The van der Waals surface area contributed by atoms with Crippen LogP contribution in [0.3, 0.4) is 0 Å². The van der Waals surface area contributed by atoms with E-state index in [-0.39, 0.29) is 23.9 Å². The molecule has 0 amide bonds. The average Bonchev–Trinajstić information content (AvgIpc) is 2.22. The highest BCUT2D eigenvalue weighted by Crippen LogP contribution is 2.35. The summed E-state index contributed by atoms with van der Waals surface area (Å²) in [7, 11) is 5.06. The number of hydrogen-bond donors (Lipinski definition) is 0. The molecule has 1 fully saturated rings. The van der Waals surface area contributed by atoms with Gasteiger partial charge in [-0.05, 0) is 6.92 Å². The van der Waals surface area contributed by atoms with Gasteiger partial charge in [-0.3, -0.25) is 0 Å². The average molecular weight is 218 g/mol. The number of rotatable bonds is 4. The van der Waals surface area contributed by atoms with Gasteiger partial charge in [0.15, 0.2) is 6.29 Å². The van der Waals surface area contributed by atoms with Crippen LogP contribution in [0.2, 0.25) is 0 Å². The van der Waals surface area contributed by atoms with Gasteiger partial charge in [0.05, 0.1) is 18.3 Å². The van der Waals surface area contributed by atoms with Crippen molar-refractivity contribution in [2.45, 2.75) is 38.3 Å². The van der Waals surface area contributed by atoms with Crippen LogP contribution in [0.25, 0.3) is 0 Å². The summed E-state index contributed by atoms with van der Waals surface area (Å²) in [5.74, 6) is 0.286. The summed E-state index contributed by atoms with van der Waals surface area (Å²) in [6, 6.07) is 0. The second kappa shape index (κ2) is 5.25. The van der Waals surface area contributed by atoms with Gasteiger partial charge in [-0.25, -0.2) is 0 Å². The van der Waals surface area contributed by atoms with Crippen molar-refractivity contribution in [2.75, 3.05) is 27.9 Å². The van der Waals surface area contributed by atoms with Crippen LogP contribution in [0.15, 0.2) is 0 Å². The third-order valence-corrected chi connectivity index (χ3v) is 3.34. The lowest BCUT2D eigenvalue weighted by molar-refractivity contribution is -0.277. The third-order valence-electron chi connectivity index (χ3n) is 3.34. The van der Waals surface area contributed by atoms with Crippen molar-refractivity contribution in [3.63, 3.8) is 0 Å². The van der Waals surface area contributed by atoms with Gasteiger partial charge >= 0.3 is 0 Å². The van der Waals surface area contributed by atoms with Gasteiger partial charge in [0.2, 0.25) is 0 Å². The standard InChI is InChI=1S/C11H22O4/c1-8-9(13-4)6-10(14-5)15-11(8,2)7-12-3/h8-10H,6-7H2,1-5H3. The molecular formula is C11H22O4. The summed E-state index contributed by atoms with van der Waals surface area (Å²) in [6.45, 7) is 4.71. The predicted octanol–water partition coefficient (Wildman–Crippen LogP) is 1.44. The summed E-state index contributed by atoms with van der Waals surface area (Å²) < 4.78 is 21.8. The topological polar surface area (TPSA) is 36.9 Å². The Labute approximate surface area is 91.8 Å². The van der Waals surface area contributed by atoms with Crippen LogP contribution in [0.4, 0.5) is 0 Å². The molecule has 4 nitrogen and oxygen atoms in total. The zero-order chi connectivity index (χ0) is 11.5. The minimum atomic E-state index is -0.339. The van der Waals surface area contributed by atoms with Gasteiger partial charge in [0.25, 0.3) is 0 Å². The molecule has 4 atom stereocenters. The summed E-state index contributed by atoms with van der Waals surface area (Å²) in [4.78, 5) is 0. The van der Waals surface area contributed by atoms with Crippen LogP contribution in [-0.2, 0) is 18.9 Å². The highest BCUT2D eigenvalue weighted by atomic mass is 16.7. The monoisotopic (exact) mass is 218 g/mol. The summed E-state index contributed by atoms with van der Waals surface area (Å²) >= 11 is 0. The van der Waals surface area contributed by atoms with Crippen molar-refractivity contribution in [2.24, 2.45) is 5.92 Å². The fourth-order valence-corrected chi connectivity index (χ4v) is 2.14. The van der Waals surface area contributed by atoms with E-state index in [1.165, 1.54) is 0 Å². The van der Waals surface area contributed by atoms with Crippen molar-refractivity contribution in [3.05, 3.63) is 0 Å². The molecule has 15 heavy (non-hydrogen) atoms. The van der Waals surface area contributed by atoms with E-state index in [1.54, 1.807) is 21.3 Å². The normalized spacial score (nSPS) is 41.8. The fourth-order valence-electron chi connectivity index (χ4n) is 2.14. The molecule has 0 saturated carbocycles. The van der Waals surface area contributed by atoms with Gasteiger partial charge in [-0.2, -0.15) is 0 Å². The molecule has 0 aliphatic carbocycles. The molecule has 0 aromatic rings. The number of methoxy groups -OCH3 is 3. The molecule has 0 aromatic heterocycles. The molecule has 4 heteroatoms. The molecule has 0 bridgehead atoms. The number of ether oxygens (including phenoxy) is 4. The first-order chi connectivity index (χ1) is 7.07. The molecule has 1 heterocycles. The maximum atomic E-state index is 5.88. The molecule has 90 valence electrons. The van der Waals surface area contributed by atoms with Gasteiger partial charge in [0, 0.05) is 33.7 Å². The lowest BCUT2D eigenvalue weighted by Gasteiger charge is -2.46. The van der Waals surface area contributed by atoms with Crippen LogP contribution in [0.1, 0.15) is 20.3 Å². The Balaban J connectivity index is 2.75. The summed E-state index contributed by atoms with van der Waals surface area (Å²) in [6.07, 6.45) is 0.725. The van der Waals surface area contributed by atoms with E-state index >= 15 is 0 Å². The second-order valence-electron chi connectivity index (χ2n) is 4.33. The van der Waals surface area contributed by atoms with Crippen LogP contribution in [0.5, 0.6) is 0 Å². The molecule has 1 saturated heterocycles. The smallest absolute Gasteiger partial charge is 0.160 e. The van der Waals surface area contributed by atoms with Crippen molar-refractivity contribution in [1.82, 2.24) is 0 Å². The highest BCUT2D eigenvalue weighted by Gasteiger charge is 2.45. The quantitative estimate of drug-likeness (QED) is 0.715. The Morgan fingerprint density at radius 3 is 2.40 bits per heavy atom. The van der Waals surface area contributed by atoms with Crippen molar-refractivity contribution < 1.29 is 18.9 Å². The van der Waals surface area contributed by atoms with Crippen LogP contribution in [-0.4, -0.2) is 45.9 Å². The van der Waals surface area contributed by atoms with E-state index in [1.807, 2.05) is 6.92 Å². The maximum absolute atomic E-state index is 5.88. The van der Waals surface area contributed by atoms with Gasteiger partial charge in [-0.15, -0.1) is 0 Å². The Kier molecular flexibility index (Phi) is 4.52. The molecule has 1 aliphatic rings. The van der Waals surface area contributed by atoms with E-state index in [4.69, 9.17) is 18.9 Å². The SMILES string of the molecule is COCC1(C)OC(OC)CC(OC)C1C. The Bertz CT molecular complexity index is 197. The lowest BCUT2D eigenvalue weighted by Crippen LogP contribution is -2.54. The van der Waals surface area contributed by atoms with Crippen LogP contribution in [0, 0.1) is 5.92 Å². The fraction of sp³-hybridized carbons (Fsp3) is 1.00. The highest BCUT2D eigenvalue weighted by molar-refractivity contribution is 4.91. The Hall–Kier alpha value is -0.160. The molecule has 0 aromatic carbocycles. The molecule has 1 aliphatic heterocycles. The first-order valence-electron chi connectivity index (χ1n) is 5.29. The lowest BCUT2D eigenvalue weighted by atomic mass is 9.82. The first kappa shape index (κ1) is 12.9. The third kappa shape index (κ3) is 2.69. The van der Waals surface area contributed by atoms with Crippen LogP contribution >= 0.6 is 0 Å². The molecular weight excluding hydrogens is 196 g/mol. The van der Waals surface area contributed by atoms with E-state index < -0.39 is 0 Å². The molecule has 1 rings (SSSR count). The Morgan fingerprint density at radius 2 is 1.93 bits per heavy atom. The predicted molar refractivity (Wildman–Crippen MR) is 56.7 cm³/mol. The molecule has 0 spiro atoms. The van der Waals surface area contributed by atoms with E-state index in [0.29, 0.717) is 6.61 Å². The Morgan fingerprint density at radius 1 is 1.27 bits per heavy atom. The minimum Gasteiger partial charge on any atom is -0.382 e. The summed E-state index contributed by atoms with van der Waals surface area (Å²) in [5.41, 5.74) is -0.339. The number of hydrogen-bond acceptors (Lipinski definition) is 4. The molecule has 4 unspecified atom stereocenters. The molecule has 0 radical (unpaired) electrons. The zero-order valence-corrected chi connectivity index (χ0v) is 10.3. The van der Waals surface area contributed by atoms with Gasteiger partial charge in [0.1, 0.15) is 0 Å². The van der Waals surface area contributed by atoms with E-state index in [2.05, 4.69) is 6.92 Å². The maximum Gasteiger partial charge on any atom is 0.160 e. The minimum absolute atomic E-state index is 0.156. The van der Waals surface area contributed by atoms with Crippen LogP contribution < -0.4 is 0 Å². The summed E-state index contributed by atoms with van der Waals surface area (Å²) in [5, 5.41) is 0. The van der Waals surface area contributed by atoms with Gasteiger partial charge < -0.3 is 18.9 Å². The van der Waals surface area contributed by atoms with E-state index in [9.17, 15) is 0 Å². The first-order valence-corrected chi connectivity index (χ1v) is 5.29. The van der Waals surface area contributed by atoms with Gasteiger partial charge in [-0.1, -0.05) is 6.92 Å². The second-order valence-corrected chi connectivity index (χ2v) is 4.33. The van der Waals surface area contributed by atoms with E-state index in [0.717, 1.165) is 6.42 Å². The van der Waals surface area contributed by atoms with Crippen molar-refractivity contribution >= 4 is 0 Å². The zero-order valence-electron chi connectivity index (χ0n) is 10.3. The van der Waals surface area contributed by atoms with Crippen molar-refractivity contribution in [1.29, 1.82) is 0 Å². The van der Waals surface area contributed by atoms with Crippen molar-refractivity contribution in [3.8, 4) is 0 Å². The molecule has 0 N–H and O–H groups in total.